The van der Waals surface area contributed by atoms with Crippen LogP contribution in [0.2, 0.25) is 0 Å². The van der Waals surface area contributed by atoms with Gasteiger partial charge in [-0.25, -0.2) is 0 Å². The standard InChI is InChI=1S/C10H18N2O/c13-2-1-11-9-6-3-7-5-12-10(9)8(7)4-6/h6-13H,1-5H2. The van der Waals surface area contributed by atoms with Crippen molar-refractivity contribution < 1.29 is 5.11 Å². The van der Waals surface area contributed by atoms with Crippen molar-refractivity contribution in [2.75, 3.05) is 19.7 Å². The Bertz CT molecular complexity index is 207. The second-order valence-corrected chi connectivity index (χ2v) is 4.79. The molecule has 0 amide bonds. The Morgan fingerprint density at radius 2 is 2.23 bits per heavy atom. The predicted molar refractivity (Wildman–Crippen MR) is 50.4 cm³/mol. The summed E-state index contributed by atoms with van der Waals surface area (Å²) >= 11 is 0. The van der Waals surface area contributed by atoms with Crippen LogP contribution in [0.3, 0.4) is 0 Å². The van der Waals surface area contributed by atoms with Gasteiger partial charge in [-0.1, -0.05) is 0 Å². The Hall–Kier alpha value is -0.120. The molecule has 1 aliphatic heterocycles. The quantitative estimate of drug-likeness (QED) is 0.555. The van der Waals surface area contributed by atoms with Crippen LogP contribution in [0.1, 0.15) is 12.8 Å². The van der Waals surface area contributed by atoms with Crippen LogP contribution in [0.4, 0.5) is 0 Å². The largest absolute Gasteiger partial charge is 0.395 e. The third kappa shape index (κ3) is 1.07. The van der Waals surface area contributed by atoms with Gasteiger partial charge in [0.25, 0.3) is 0 Å². The molecule has 0 spiro atoms. The molecular weight excluding hydrogens is 164 g/mol. The summed E-state index contributed by atoms with van der Waals surface area (Å²) < 4.78 is 0. The van der Waals surface area contributed by atoms with Gasteiger partial charge in [-0.2, -0.15) is 0 Å². The third-order valence-electron chi connectivity index (χ3n) is 4.25. The van der Waals surface area contributed by atoms with Gasteiger partial charge in [0, 0.05) is 18.6 Å². The Morgan fingerprint density at radius 1 is 1.31 bits per heavy atom. The van der Waals surface area contributed by atoms with Crippen molar-refractivity contribution in [2.24, 2.45) is 17.8 Å². The van der Waals surface area contributed by atoms with Gasteiger partial charge in [0.2, 0.25) is 0 Å². The van der Waals surface area contributed by atoms with E-state index in [9.17, 15) is 0 Å². The fraction of sp³-hybridized carbons (Fsp3) is 1.00. The van der Waals surface area contributed by atoms with Gasteiger partial charge in [0.1, 0.15) is 0 Å². The van der Waals surface area contributed by atoms with E-state index in [1.165, 1.54) is 19.4 Å². The fourth-order valence-corrected chi connectivity index (χ4v) is 3.82. The minimum absolute atomic E-state index is 0.268. The van der Waals surface area contributed by atoms with Crippen LogP contribution in [0, 0.1) is 17.8 Å². The van der Waals surface area contributed by atoms with Crippen molar-refractivity contribution in [1.29, 1.82) is 0 Å². The molecule has 74 valence electrons. The summed E-state index contributed by atoms with van der Waals surface area (Å²) in [4.78, 5) is 0. The van der Waals surface area contributed by atoms with Gasteiger partial charge in [-0.3, -0.25) is 0 Å². The first-order chi connectivity index (χ1) is 6.40. The van der Waals surface area contributed by atoms with E-state index in [1.54, 1.807) is 0 Å². The molecule has 0 aromatic rings. The molecule has 5 unspecified atom stereocenters. The minimum Gasteiger partial charge on any atom is -0.395 e. The highest BCUT2D eigenvalue weighted by Gasteiger charge is 2.55. The number of fused-ring (bicyclic) bond motifs is 1. The Balaban J connectivity index is 1.70. The maximum Gasteiger partial charge on any atom is 0.0556 e. The lowest BCUT2D eigenvalue weighted by molar-refractivity contribution is 0.250. The molecule has 13 heavy (non-hydrogen) atoms. The SMILES string of the molecule is OCCNC1C2CC3CNC1C3C2. The number of hydrogen-bond donors (Lipinski definition) is 3. The number of aliphatic hydroxyl groups is 1. The molecule has 1 saturated heterocycles. The summed E-state index contributed by atoms with van der Waals surface area (Å²) in [7, 11) is 0. The highest BCUT2D eigenvalue weighted by molar-refractivity contribution is 5.12. The third-order valence-corrected chi connectivity index (χ3v) is 4.25. The molecule has 3 nitrogen and oxygen atoms in total. The maximum atomic E-state index is 8.78. The van der Waals surface area contributed by atoms with Crippen molar-refractivity contribution in [2.45, 2.75) is 24.9 Å². The van der Waals surface area contributed by atoms with Crippen LogP contribution >= 0.6 is 0 Å². The van der Waals surface area contributed by atoms with Crippen molar-refractivity contribution >= 4 is 0 Å². The molecule has 0 radical (unpaired) electrons. The van der Waals surface area contributed by atoms with Gasteiger partial charge in [-0.05, 0) is 37.1 Å². The zero-order valence-corrected chi connectivity index (χ0v) is 7.87. The van der Waals surface area contributed by atoms with Crippen molar-refractivity contribution in [3.05, 3.63) is 0 Å². The predicted octanol–water partition coefficient (Wildman–Crippen LogP) is -0.435. The average molecular weight is 182 g/mol. The first-order valence-corrected chi connectivity index (χ1v) is 5.48. The van der Waals surface area contributed by atoms with Crippen LogP contribution in [-0.4, -0.2) is 36.9 Å². The van der Waals surface area contributed by atoms with E-state index in [2.05, 4.69) is 10.6 Å². The van der Waals surface area contributed by atoms with E-state index in [0.29, 0.717) is 6.04 Å². The molecule has 5 atom stereocenters. The molecule has 0 aromatic carbocycles. The van der Waals surface area contributed by atoms with Gasteiger partial charge < -0.3 is 15.7 Å². The van der Waals surface area contributed by atoms with Crippen LogP contribution in [-0.2, 0) is 0 Å². The van der Waals surface area contributed by atoms with Gasteiger partial charge >= 0.3 is 0 Å². The zero-order valence-electron chi connectivity index (χ0n) is 7.87. The average Bonchev–Trinajstić information content (AvgIpc) is 2.70. The molecule has 0 aromatic heterocycles. The lowest BCUT2D eigenvalue weighted by atomic mass is 9.86. The molecule has 1 heterocycles. The number of aliphatic hydroxyl groups excluding tert-OH is 1. The normalized spacial score (nSPS) is 51.9. The number of hydrogen-bond acceptors (Lipinski definition) is 3. The molecule has 3 rings (SSSR count). The van der Waals surface area contributed by atoms with E-state index in [-0.39, 0.29) is 6.61 Å². The first kappa shape index (κ1) is 8.21. The summed E-state index contributed by atoms with van der Waals surface area (Å²) in [6, 6.07) is 1.37. The topological polar surface area (TPSA) is 44.3 Å². The number of nitrogens with one attached hydrogen (secondary N) is 2. The molecule has 3 heteroatoms. The van der Waals surface area contributed by atoms with Crippen molar-refractivity contribution in [1.82, 2.24) is 10.6 Å². The lowest BCUT2D eigenvalue weighted by Crippen LogP contribution is -2.48. The van der Waals surface area contributed by atoms with E-state index < -0.39 is 0 Å². The molecular formula is C10H18N2O. The van der Waals surface area contributed by atoms with Crippen LogP contribution in [0.25, 0.3) is 0 Å². The summed E-state index contributed by atoms with van der Waals surface area (Å²) in [6.07, 6.45) is 2.84. The van der Waals surface area contributed by atoms with Crippen molar-refractivity contribution in [3.63, 3.8) is 0 Å². The smallest absolute Gasteiger partial charge is 0.0556 e. The Kier molecular flexibility index (Phi) is 1.86. The van der Waals surface area contributed by atoms with Crippen LogP contribution < -0.4 is 10.6 Å². The van der Waals surface area contributed by atoms with Crippen molar-refractivity contribution in [3.8, 4) is 0 Å². The lowest BCUT2D eigenvalue weighted by Gasteiger charge is -2.28. The van der Waals surface area contributed by atoms with Gasteiger partial charge in [0.15, 0.2) is 0 Å². The molecule has 3 fully saturated rings. The number of rotatable bonds is 3. The molecule has 3 aliphatic rings. The highest BCUT2D eigenvalue weighted by atomic mass is 16.3. The Labute approximate surface area is 78.9 Å². The molecule has 3 N–H and O–H groups in total. The summed E-state index contributed by atoms with van der Waals surface area (Å²) in [5.41, 5.74) is 0. The minimum atomic E-state index is 0.268. The summed E-state index contributed by atoms with van der Waals surface area (Å²) in [6.45, 7) is 2.27. The fourth-order valence-electron chi connectivity index (χ4n) is 3.82. The van der Waals surface area contributed by atoms with E-state index in [1.807, 2.05) is 0 Å². The molecule has 2 saturated carbocycles. The van der Waals surface area contributed by atoms with E-state index in [0.717, 1.165) is 30.3 Å². The molecule has 2 bridgehead atoms. The Morgan fingerprint density at radius 3 is 3.08 bits per heavy atom. The zero-order chi connectivity index (χ0) is 8.84. The highest BCUT2D eigenvalue weighted by Crippen LogP contribution is 2.51. The van der Waals surface area contributed by atoms with Crippen LogP contribution in [0.5, 0.6) is 0 Å². The monoisotopic (exact) mass is 182 g/mol. The van der Waals surface area contributed by atoms with Gasteiger partial charge in [0.05, 0.1) is 6.61 Å². The second-order valence-electron chi connectivity index (χ2n) is 4.79. The maximum absolute atomic E-state index is 8.78. The summed E-state index contributed by atoms with van der Waals surface area (Å²) in [5, 5.41) is 15.9. The second kappa shape index (κ2) is 2.94. The van der Waals surface area contributed by atoms with E-state index >= 15 is 0 Å². The molecule has 2 aliphatic carbocycles. The van der Waals surface area contributed by atoms with Crippen LogP contribution in [0.15, 0.2) is 0 Å². The van der Waals surface area contributed by atoms with Gasteiger partial charge in [-0.15, -0.1) is 0 Å². The summed E-state index contributed by atoms with van der Waals surface area (Å²) in [5.74, 6) is 2.81. The van der Waals surface area contributed by atoms with E-state index in [4.69, 9.17) is 5.11 Å². The first-order valence-electron chi connectivity index (χ1n) is 5.48.